The summed E-state index contributed by atoms with van der Waals surface area (Å²) >= 11 is 5.63. The molecule has 0 saturated heterocycles. The first-order valence-electron chi connectivity index (χ1n) is 3.31. The van der Waals surface area contributed by atoms with Crippen LogP contribution in [0.5, 0.6) is 0 Å². The zero-order valence-electron chi connectivity index (χ0n) is 6.16. The van der Waals surface area contributed by atoms with Gasteiger partial charge in [-0.1, -0.05) is 23.7 Å². The highest BCUT2D eigenvalue weighted by atomic mass is 35.5. The van der Waals surface area contributed by atoms with Crippen molar-refractivity contribution in [2.75, 3.05) is 0 Å². The maximum absolute atomic E-state index is 10.1. The minimum absolute atomic E-state index is 0.315. The van der Waals surface area contributed by atoms with Gasteiger partial charge in [0.15, 0.2) is 0 Å². The Bertz CT molecular complexity index is 313. The Hall–Kier alpha value is -0.580. The molecule has 0 saturated carbocycles. The smallest absolute Gasteiger partial charge is 0.201 e. The highest BCUT2D eigenvalue weighted by molar-refractivity contribution is 7.70. The molecule has 1 rings (SSSR count). The Morgan fingerprint density at radius 2 is 1.83 bits per heavy atom. The minimum Gasteiger partial charge on any atom is -0.216 e. The first-order valence-corrected chi connectivity index (χ1v) is 4.86. The van der Waals surface area contributed by atoms with Gasteiger partial charge in [-0.05, 0) is 17.7 Å². The van der Waals surface area contributed by atoms with Crippen molar-refractivity contribution in [2.45, 2.75) is 6.54 Å². The Morgan fingerprint density at radius 3 is 2.33 bits per heavy atom. The maximum atomic E-state index is 10.1. The molecule has 0 fully saturated rings. The molecule has 66 valence electrons. The van der Waals surface area contributed by atoms with E-state index in [2.05, 4.69) is 4.72 Å². The fraction of sp³-hybridized carbons (Fsp3) is 0.143. The van der Waals surface area contributed by atoms with Crippen molar-refractivity contribution in [1.29, 1.82) is 0 Å². The molecule has 1 N–H and O–H groups in total. The van der Waals surface area contributed by atoms with Crippen LogP contribution >= 0.6 is 11.6 Å². The lowest BCUT2D eigenvalue weighted by Crippen LogP contribution is -2.09. The summed E-state index contributed by atoms with van der Waals surface area (Å²) in [5.74, 6) is 0. The van der Waals surface area contributed by atoms with Crippen molar-refractivity contribution in [1.82, 2.24) is 4.72 Å². The number of nitrogens with one attached hydrogen (secondary N) is 1. The van der Waals surface area contributed by atoms with Gasteiger partial charge in [0.05, 0.1) is 0 Å². The lowest BCUT2D eigenvalue weighted by molar-refractivity contribution is 0.601. The van der Waals surface area contributed by atoms with E-state index < -0.39 is 10.9 Å². The summed E-state index contributed by atoms with van der Waals surface area (Å²) in [6.45, 7) is 0.315. The molecule has 0 aliphatic carbocycles. The fourth-order valence-corrected chi connectivity index (χ4v) is 1.20. The summed E-state index contributed by atoms with van der Waals surface area (Å²) < 4.78 is 22.6. The Kier molecular flexibility index (Phi) is 3.52. The molecule has 0 amide bonds. The largest absolute Gasteiger partial charge is 0.216 e. The average Bonchev–Trinajstić information content (AvgIpc) is 2.03. The first-order chi connectivity index (χ1) is 5.68. The lowest BCUT2D eigenvalue weighted by atomic mass is 10.2. The molecule has 1 aromatic rings. The molecule has 1 aromatic carbocycles. The van der Waals surface area contributed by atoms with Crippen molar-refractivity contribution in [3.05, 3.63) is 34.9 Å². The minimum atomic E-state index is -2.51. The monoisotopic (exact) mass is 205 g/mol. The predicted octanol–water partition coefficient (Wildman–Crippen LogP) is 0.956. The van der Waals surface area contributed by atoms with Crippen LogP contribution in [0.1, 0.15) is 5.56 Å². The highest BCUT2D eigenvalue weighted by Gasteiger charge is 1.92. The molecule has 12 heavy (non-hydrogen) atoms. The zero-order chi connectivity index (χ0) is 8.97. The SMILES string of the molecule is O=[SH](=O)NCc1ccc(Cl)cc1. The summed E-state index contributed by atoms with van der Waals surface area (Å²) in [6.07, 6.45) is 0. The third kappa shape index (κ3) is 3.21. The summed E-state index contributed by atoms with van der Waals surface area (Å²) in [5.41, 5.74) is 0.888. The van der Waals surface area contributed by atoms with E-state index in [-0.39, 0.29) is 0 Å². The molecule has 0 aliphatic heterocycles. The molecular formula is C7H8ClNO2S. The Morgan fingerprint density at radius 1 is 1.25 bits per heavy atom. The molecule has 0 heterocycles. The van der Waals surface area contributed by atoms with Gasteiger partial charge in [-0.25, -0.2) is 13.1 Å². The predicted molar refractivity (Wildman–Crippen MR) is 48.6 cm³/mol. The van der Waals surface area contributed by atoms with Gasteiger partial charge in [0.1, 0.15) is 0 Å². The summed E-state index contributed by atoms with van der Waals surface area (Å²) in [4.78, 5) is 0. The molecule has 0 aliphatic rings. The summed E-state index contributed by atoms with van der Waals surface area (Å²) in [6, 6.07) is 6.98. The van der Waals surface area contributed by atoms with Crippen LogP contribution in [0.3, 0.4) is 0 Å². The van der Waals surface area contributed by atoms with E-state index in [9.17, 15) is 8.42 Å². The Balaban J connectivity index is 2.59. The third-order valence-electron chi connectivity index (χ3n) is 1.33. The molecule has 0 unspecified atom stereocenters. The van der Waals surface area contributed by atoms with Gasteiger partial charge in [-0.3, -0.25) is 0 Å². The second kappa shape index (κ2) is 4.45. The van der Waals surface area contributed by atoms with Crippen LogP contribution in [0.4, 0.5) is 0 Å². The van der Waals surface area contributed by atoms with E-state index in [1.165, 1.54) is 0 Å². The van der Waals surface area contributed by atoms with Crippen LogP contribution in [-0.2, 0) is 17.4 Å². The summed E-state index contributed by atoms with van der Waals surface area (Å²) in [7, 11) is -2.51. The first kappa shape index (κ1) is 9.51. The van der Waals surface area contributed by atoms with Crippen LogP contribution in [-0.4, -0.2) is 8.42 Å². The molecule has 3 nitrogen and oxygen atoms in total. The number of halogens is 1. The molecule has 0 spiro atoms. The molecular weight excluding hydrogens is 198 g/mol. The number of benzene rings is 1. The van der Waals surface area contributed by atoms with Gasteiger partial charge >= 0.3 is 0 Å². The van der Waals surface area contributed by atoms with Gasteiger partial charge in [0.2, 0.25) is 10.9 Å². The van der Waals surface area contributed by atoms with Crippen molar-refractivity contribution >= 4 is 22.5 Å². The quantitative estimate of drug-likeness (QED) is 0.722. The van der Waals surface area contributed by atoms with Crippen LogP contribution in [0.25, 0.3) is 0 Å². The standard InChI is InChI=1S/C7H8ClNO2S/c8-7-3-1-6(2-4-7)5-9-12(10)11/h1-4,12H,5H2,(H,9,10,11). The van der Waals surface area contributed by atoms with Crippen LogP contribution < -0.4 is 4.72 Å². The van der Waals surface area contributed by atoms with Gasteiger partial charge in [0.25, 0.3) is 0 Å². The second-order valence-corrected chi connectivity index (χ2v) is 3.49. The molecule has 0 bridgehead atoms. The van der Waals surface area contributed by atoms with E-state index in [0.717, 1.165) is 5.56 Å². The normalized spacial score (nSPS) is 10.5. The van der Waals surface area contributed by atoms with Crippen molar-refractivity contribution < 1.29 is 8.42 Å². The van der Waals surface area contributed by atoms with Crippen molar-refractivity contribution in [2.24, 2.45) is 0 Å². The van der Waals surface area contributed by atoms with E-state index in [0.29, 0.717) is 11.6 Å². The van der Waals surface area contributed by atoms with E-state index in [4.69, 9.17) is 11.6 Å². The average molecular weight is 206 g/mol. The number of hydrogen-bond donors (Lipinski definition) is 2. The second-order valence-electron chi connectivity index (χ2n) is 2.22. The number of thiol groups is 1. The van der Waals surface area contributed by atoms with Crippen molar-refractivity contribution in [3.8, 4) is 0 Å². The lowest BCUT2D eigenvalue weighted by Gasteiger charge is -1.97. The Labute approximate surface area is 77.4 Å². The van der Waals surface area contributed by atoms with E-state index in [1.807, 2.05) is 0 Å². The number of hydrogen-bond acceptors (Lipinski definition) is 2. The van der Waals surface area contributed by atoms with Gasteiger partial charge in [0, 0.05) is 11.6 Å². The molecule has 0 atom stereocenters. The fourth-order valence-electron chi connectivity index (χ4n) is 0.758. The zero-order valence-corrected chi connectivity index (χ0v) is 7.81. The highest BCUT2D eigenvalue weighted by Crippen LogP contribution is 2.08. The van der Waals surface area contributed by atoms with E-state index in [1.54, 1.807) is 24.3 Å². The van der Waals surface area contributed by atoms with Gasteiger partial charge in [-0.15, -0.1) is 0 Å². The topological polar surface area (TPSA) is 46.2 Å². The van der Waals surface area contributed by atoms with Crippen molar-refractivity contribution in [3.63, 3.8) is 0 Å². The summed E-state index contributed by atoms with van der Waals surface area (Å²) in [5, 5.41) is 0.644. The van der Waals surface area contributed by atoms with Gasteiger partial charge < -0.3 is 0 Å². The van der Waals surface area contributed by atoms with Crippen LogP contribution in [0, 0.1) is 0 Å². The van der Waals surface area contributed by atoms with Crippen LogP contribution in [0.15, 0.2) is 24.3 Å². The van der Waals surface area contributed by atoms with E-state index >= 15 is 0 Å². The molecule has 0 radical (unpaired) electrons. The maximum Gasteiger partial charge on any atom is 0.201 e. The molecule has 0 aromatic heterocycles. The number of rotatable bonds is 3. The molecule has 5 heteroatoms. The van der Waals surface area contributed by atoms with Gasteiger partial charge in [-0.2, -0.15) is 0 Å². The third-order valence-corrected chi connectivity index (χ3v) is 1.99. The van der Waals surface area contributed by atoms with Crippen LogP contribution in [0.2, 0.25) is 5.02 Å².